The summed E-state index contributed by atoms with van der Waals surface area (Å²) in [5.74, 6) is 0. The molecule has 6 nitrogen and oxygen atoms in total. The van der Waals surface area contributed by atoms with Gasteiger partial charge in [-0.3, -0.25) is 0 Å². The largest absolute Gasteiger partial charge is 0.465 e. The van der Waals surface area contributed by atoms with Gasteiger partial charge in [0, 0.05) is 12.6 Å². The van der Waals surface area contributed by atoms with E-state index in [1.54, 1.807) is 0 Å². The van der Waals surface area contributed by atoms with Gasteiger partial charge in [0.05, 0.1) is 0 Å². The van der Waals surface area contributed by atoms with E-state index in [0.717, 1.165) is 0 Å². The number of carboxylic acid groups (broad SMARTS) is 1. The molecule has 0 unspecified atom stereocenters. The molecule has 0 aliphatic rings. The summed E-state index contributed by atoms with van der Waals surface area (Å²) in [6.07, 6.45) is -0.264. The topological polar surface area (TPSA) is 95.6 Å². The molecule has 0 aliphatic carbocycles. The van der Waals surface area contributed by atoms with Crippen LogP contribution in [0.5, 0.6) is 0 Å². The van der Waals surface area contributed by atoms with Gasteiger partial charge in [-0.2, -0.15) is 0 Å². The van der Waals surface area contributed by atoms with Crippen LogP contribution in [0.3, 0.4) is 0 Å². The fourth-order valence-corrected chi connectivity index (χ4v) is 0.857. The highest BCUT2D eigenvalue weighted by atomic mass is 16.5. The molecule has 0 fully saturated rings. The van der Waals surface area contributed by atoms with Gasteiger partial charge in [-0.1, -0.05) is 5.16 Å². The second kappa shape index (κ2) is 4.46. The summed E-state index contributed by atoms with van der Waals surface area (Å²) >= 11 is 0. The maximum Gasteiger partial charge on any atom is 0.404 e. The molecule has 1 rings (SSSR count). The molecule has 13 heavy (non-hydrogen) atoms. The predicted octanol–water partition coefficient (Wildman–Crippen LogP) is 0.366. The molecule has 0 saturated carbocycles. The van der Waals surface area contributed by atoms with Crippen molar-refractivity contribution in [3.05, 3.63) is 18.0 Å². The predicted molar refractivity (Wildman–Crippen MR) is 42.1 cm³/mol. The third-order valence-electron chi connectivity index (χ3n) is 1.49. The smallest absolute Gasteiger partial charge is 0.404 e. The average Bonchev–Trinajstić information content (AvgIpc) is 2.55. The number of aliphatic hydroxyl groups excluding tert-OH is 1. The number of nitrogens with one attached hydrogen (secondary N) is 1. The highest BCUT2D eigenvalue weighted by molar-refractivity contribution is 5.64. The van der Waals surface area contributed by atoms with Crippen molar-refractivity contribution in [2.45, 2.75) is 12.5 Å². The Kier molecular flexibility index (Phi) is 3.27. The molecule has 1 aromatic heterocycles. The lowest BCUT2D eigenvalue weighted by molar-refractivity contribution is 0.154. The molecule has 6 heteroatoms. The summed E-state index contributed by atoms with van der Waals surface area (Å²) < 4.78 is 4.52. The fraction of sp³-hybridized carbons (Fsp3) is 0.429. The van der Waals surface area contributed by atoms with Crippen molar-refractivity contribution in [3.63, 3.8) is 0 Å². The number of carbonyl (C=O) groups is 1. The van der Waals surface area contributed by atoms with Gasteiger partial charge in [0.1, 0.15) is 18.1 Å². The molecule has 0 aromatic carbocycles. The summed E-state index contributed by atoms with van der Waals surface area (Å²) in [6.45, 7) is 0.184. The van der Waals surface area contributed by atoms with Gasteiger partial charge >= 0.3 is 6.09 Å². The van der Waals surface area contributed by atoms with E-state index in [1.807, 2.05) is 0 Å². The van der Waals surface area contributed by atoms with Crippen molar-refractivity contribution in [1.82, 2.24) is 10.5 Å². The molecule has 3 N–H and O–H groups in total. The van der Waals surface area contributed by atoms with Gasteiger partial charge in [-0.25, -0.2) is 4.79 Å². The first-order valence-electron chi connectivity index (χ1n) is 3.75. The van der Waals surface area contributed by atoms with Crippen LogP contribution in [0, 0.1) is 0 Å². The number of aromatic nitrogens is 1. The van der Waals surface area contributed by atoms with Gasteiger partial charge < -0.3 is 20.1 Å². The summed E-state index contributed by atoms with van der Waals surface area (Å²) in [5, 5.41) is 23.2. The molecule has 0 spiro atoms. The monoisotopic (exact) mass is 186 g/mol. The summed E-state index contributed by atoms with van der Waals surface area (Å²) in [7, 11) is 0. The minimum atomic E-state index is -1.10. The molecule has 0 aliphatic heterocycles. The lowest BCUT2D eigenvalue weighted by Crippen LogP contribution is -2.23. The SMILES string of the molecule is O=C(O)NCC[C@@H](O)c1ccon1. The summed E-state index contributed by atoms with van der Waals surface area (Å²) in [4.78, 5) is 10.0. The minimum absolute atomic E-state index is 0.184. The number of rotatable bonds is 4. The Hall–Kier alpha value is -1.56. The molecule has 1 heterocycles. The van der Waals surface area contributed by atoms with Gasteiger partial charge in [-0.15, -0.1) is 0 Å². The van der Waals surface area contributed by atoms with E-state index in [9.17, 15) is 9.90 Å². The molecule has 1 aromatic rings. The van der Waals surface area contributed by atoms with Crippen molar-refractivity contribution in [2.75, 3.05) is 6.54 Å². The highest BCUT2D eigenvalue weighted by Gasteiger charge is 2.10. The normalized spacial score (nSPS) is 12.4. The lowest BCUT2D eigenvalue weighted by atomic mass is 10.2. The number of nitrogens with zero attached hydrogens (tertiary/aromatic N) is 1. The molecule has 1 atom stereocenters. The van der Waals surface area contributed by atoms with E-state index in [4.69, 9.17) is 5.11 Å². The zero-order chi connectivity index (χ0) is 9.68. The maximum absolute atomic E-state index is 10.0. The molecule has 72 valence electrons. The van der Waals surface area contributed by atoms with Crippen LogP contribution in [0.4, 0.5) is 4.79 Å². The van der Waals surface area contributed by atoms with Gasteiger partial charge in [0.15, 0.2) is 0 Å². The van der Waals surface area contributed by atoms with Crippen molar-refractivity contribution < 1.29 is 19.5 Å². The summed E-state index contributed by atoms with van der Waals surface area (Å²) in [6, 6.07) is 1.53. The minimum Gasteiger partial charge on any atom is -0.465 e. The standard InChI is InChI=1S/C7H10N2O4/c10-6(1-3-8-7(11)12)5-2-4-13-9-5/h2,4,6,8,10H,1,3H2,(H,11,12)/t6-/m1/s1. The fourth-order valence-electron chi connectivity index (χ4n) is 0.857. The van der Waals surface area contributed by atoms with Crippen molar-refractivity contribution >= 4 is 6.09 Å². The molecular weight excluding hydrogens is 176 g/mol. The molecule has 0 saturated heterocycles. The van der Waals surface area contributed by atoms with Crippen LogP contribution >= 0.6 is 0 Å². The number of amides is 1. The quantitative estimate of drug-likeness (QED) is 0.631. The van der Waals surface area contributed by atoms with E-state index in [1.165, 1.54) is 12.3 Å². The van der Waals surface area contributed by atoms with E-state index >= 15 is 0 Å². The van der Waals surface area contributed by atoms with Gasteiger partial charge in [0.25, 0.3) is 0 Å². The van der Waals surface area contributed by atoms with Crippen LogP contribution in [0.2, 0.25) is 0 Å². The number of hydrogen-bond donors (Lipinski definition) is 3. The zero-order valence-electron chi connectivity index (χ0n) is 6.80. The van der Waals surface area contributed by atoms with Crippen LogP contribution in [0.25, 0.3) is 0 Å². The van der Waals surface area contributed by atoms with Crippen molar-refractivity contribution in [2.24, 2.45) is 0 Å². The van der Waals surface area contributed by atoms with Gasteiger partial charge in [-0.05, 0) is 6.42 Å². The van der Waals surface area contributed by atoms with Crippen LogP contribution in [-0.4, -0.2) is 28.0 Å². The van der Waals surface area contributed by atoms with E-state index in [0.29, 0.717) is 5.69 Å². The lowest BCUT2D eigenvalue weighted by Gasteiger charge is -2.05. The Morgan fingerprint density at radius 3 is 3.08 bits per heavy atom. The van der Waals surface area contributed by atoms with Crippen molar-refractivity contribution in [3.8, 4) is 0 Å². The highest BCUT2D eigenvalue weighted by Crippen LogP contribution is 2.12. The molecule has 0 radical (unpaired) electrons. The average molecular weight is 186 g/mol. The van der Waals surface area contributed by atoms with E-state index in [-0.39, 0.29) is 13.0 Å². The zero-order valence-corrected chi connectivity index (χ0v) is 6.80. The molecule has 1 amide bonds. The van der Waals surface area contributed by atoms with E-state index < -0.39 is 12.2 Å². The van der Waals surface area contributed by atoms with Gasteiger partial charge in [0.2, 0.25) is 0 Å². The van der Waals surface area contributed by atoms with E-state index in [2.05, 4.69) is 15.0 Å². The summed E-state index contributed by atoms with van der Waals surface area (Å²) in [5.41, 5.74) is 0.409. The Morgan fingerprint density at radius 2 is 2.54 bits per heavy atom. The molecule has 0 bridgehead atoms. The third kappa shape index (κ3) is 3.12. The van der Waals surface area contributed by atoms with Crippen molar-refractivity contribution in [1.29, 1.82) is 0 Å². The Balaban J connectivity index is 2.26. The second-order valence-electron chi connectivity index (χ2n) is 2.46. The van der Waals surface area contributed by atoms with Crippen LogP contribution in [0.1, 0.15) is 18.2 Å². The Labute approximate surface area is 74.2 Å². The third-order valence-corrected chi connectivity index (χ3v) is 1.49. The van der Waals surface area contributed by atoms with Crippen LogP contribution in [-0.2, 0) is 0 Å². The van der Waals surface area contributed by atoms with Crippen LogP contribution in [0.15, 0.2) is 16.9 Å². The maximum atomic E-state index is 10.0. The number of aliphatic hydroxyl groups is 1. The second-order valence-corrected chi connectivity index (χ2v) is 2.46. The first-order chi connectivity index (χ1) is 6.20. The first-order valence-corrected chi connectivity index (χ1v) is 3.75. The number of hydrogen-bond acceptors (Lipinski definition) is 4. The Morgan fingerprint density at radius 1 is 1.77 bits per heavy atom. The first kappa shape index (κ1) is 9.53. The Bertz CT molecular complexity index is 259. The molecular formula is C7H10N2O4. The van der Waals surface area contributed by atoms with Crippen LogP contribution < -0.4 is 5.32 Å².